The molecule has 0 spiro atoms. The van der Waals surface area contributed by atoms with E-state index < -0.39 is 10.0 Å². The van der Waals surface area contributed by atoms with Gasteiger partial charge in [-0.2, -0.15) is 0 Å². The number of sulfonamides is 1. The lowest BCUT2D eigenvalue weighted by Crippen LogP contribution is -2.34. The van der Waals surface area contributed by atoms with Crippen LogP contribution in [0.1, 0.15) is 35.6 Å². The highest BCUT2D eigenvalue weighted by Gasteiger charge is 2.21. The molecular formula is C25H26N2O4S. The van der Waals surface area contributed by atoms with Gasteiger partial charge in [0, 0.05) is 0 Å². The number of benzene rings is 3. The molecule has 1 atom stereocenters. The molecule has 3 aromatic carbocycles. The van der Waals surface area contributed by atoms with Gasteiger partial charge in [0.1, 0.15) is 5.75 Å². The highest BCUT2D eigenvalue weighted by molar-refractivity contribution is 7.92. The summed E-state index contributed by atoms with van der Waals surface area (Å²) in [6.07, 6.45) is 2.98. The van der Waals surface area contributed by atoms with E-state index in [1.54, 1.807) is 24.3 Å². The molecule has 1 aliphatic rings. The fourth-order valence-electron chi connectivity index (χ4n) is 3.89. The molecular weight excluding hydrogens is 424 g/mol. The number of nitrogens with one attached hydrogen (secondary N) is 2. The molecule has 0 saturated heterocycles. The van der Waals surface area contributed by atoms with Crippen LogP contribution < -0.4 is 14.8 Å². The average molecular weight is 451 g/mol. The van der Waals surface area contributed by atoms with Gasteiger partial charge in [-0.1, -0.05) is 42.5 Å². The standard InChI is InChI=1S/C25H26N2O4S/c1-18-7-2-5-11-23(18)27-32(29,30)21-15-13-20(14-16-21)31-17-25(28)26-24-12-6-9-19-8-3-4-10-22(19)24/h2-5,7-8,10-11,13-16,24,27H,6,9,12,17H2,1H3,(H,26,28). The van der Waals surface area contributed by atoms with E-state index in [2.05, 4.69) is 22.2 Å². The fourth-order valence-corrected chi connectivity index (χ4v) is 5.03. The summed E-state index contributed by atoms with van der Waals surface area (Å²) >= 11 is 0. The van der Waals surface area contributed by atoms with Gasteiger partial charge in [0.2, 0.25) is 0 Å². The maximum absolute atomic E-state index is 12.6. The first-order valence-corrected chi connectivity index (χ1v) is 12.1. The largest absolute Gasteiger partial charge is 0.484 e. The Balaban J connectivity index is 1.34. The van der Waals surface area contributed by atoms with Crippen molar-refractivity contribution in [1.82, 2.24) is 5.32 Å². The molecule has 1 aliphatic carbocycles. The number of anilines is 1. The van der Waals surface area contributed by atoms with Crippen LogP contribution in [0.15, 0.2) is 77.7 Å². The van der Waals surface area contributed by atoms with Crippen molar-refractivity contribution in [3.8, 4) is 5.75 Å². The number of aryl methyl sites for hydroxylation is 2. The smallest absolute Gasteiger partial charge is 0.261 e. The lowest BCUT2D eigenvalue weighted by Gasteiger charge is -2.26. The van der Waals surface area contributed by atoms with Crippen molar-refractivity contribution in [3.05, 3.63) is 89.5 Å². The summed E-state index contributed by atoms with van der Waals surface area (Å²) in [5.74, 6) is 0.226. The summed E-state index contributed by atoms with van der Waals surface area (Å²) in [7, 11) is -3.72. The normalized spacial score (nSPS) is 15.5. The molecule has 0 saturated carbocycles. The number of rotatable bonds is 7. The molecule has 4 rings (SSSR count). The molecule has 0 fully saturated rings. The first-order valence-electron chi connectivity index (χ1n) is 10.6. The highest BCUT2D eigenvalue weighted by atomic mass is 32.2. The molecule has 0 heterocycles. The van der Waals surface area contributed by atoms with E-state index in [1.807, 2.05) is 31.2 Å². The maximum Gasteiger partial charge on any atom is 0.261 e. The van der Waals surface area contributed by atoms with E-state index in [9.17, 15) is 13.2 Å². The number of carbonyl (C=O) groups excluding carboxylic acids is 1. The highest BCUT2D eigenvalue weighted by Crippen LogP contribution is 2.29. The summed E-state index contributed by atoms with van der Waals surface area (Å²) in [5, 5.41) is 3.04. The van der Waals surface area contributed by atoms with E-state index in [0.29, 0.717) is 11.4 Å². The third-order valence-corrected chi connectivity index (χ3v) is 6.98. The summed E-state index contributed by atoms with van der Waals surface area (Å²) in [4.78, 5) is 12.5. The van der Waals surface area contributed by atoms with Crippen molar-refractivity contribution in [2.24, 2.45) is 0 Å². The number of ether oxygens (including phenoxy) is 1. The van der Waals surface area contributed by atoms with E-state index in [4.69, 9.17) is 4.74 Å². The second kappa shape index (κ2) is 9.44. The predicted octanol–water partition coefficient (Wildman–Crippen LogP) is 4.37. The van der Waals surface area contributed by atoms with Crippen molar-refractivity contribution in [2.45, 2.75) is 37.1 Å². The molecule has 1 unspecified atom stereocenters. The summed E-state index contributed by atoms with van der Waals surface area (Å²) in [5.41, 5.74) is 3.82. The number of hydrogen-bond acceptors (Lipinski definition) is 4. The van der Waals surface area contributed by atoms with Gasteiger partial charge in [-0.05, 0) is 73.2 Å². The Bertz CT molecular complexity index is 1210. The Labute approximate surface area is 188 Å². The Morgan fingerprint density at radius 3 is 2.50 bits per heavy atom. The summed E-state index contributed by atoms with van der Waals surface area (Å²) in [6, 6.07) is 21.4. The SMILES string of the molecule is Cc1ccccc1NS(=O)(=O)c1ccc(OCC(=O)NC2CCCc3ccccc32)cc1. The molecule has 0 aromatic heterocycles. The number of amides is 1. The van der Waals surface area contributed by atoms with Gasteiger partial charge in [-0.15, -0.1) is 0 Å². The monoisotopic (exact) mass is 450 g/mol. The third-order valence-electron chi connectivity index (χ3n) is 5.60. The van der Waals surface area contributed by atoms with Crippen molar-refractivity contribution < 1.29 is 17.9 Å². The molecule has 32 heavy (non-hydrogen) atoms. The second-order valence-corrected chi connectivity index (χ2v) is 9.57. The van der Waals surface area contributed by atoms with Crippen molar-refractivity contribution >= 4 is 21.6 Å². The molecule has 6 nitrogen and oxygen atoms in total. The number of hydrogen-bond donors (Lipinski definition) is 2. The maximum atomic E-state index is 12.6. The van der Waals surface area contributed by atoms with E-state index >= 15 is 0 Å². The van der Waals surface area contributed by atoms with Gasteiger partial charge in [0.25, 0.3) is 15.9 Å². The van der Waals surface area contributed by atoms with Crippen LogP contribution in [0.2, 0.25) is 0 Å². The Hall–Kier alpha value is -3.32. The molecule has 2 N–H and O–H groups in total. The van der Waals surface area contributed by atoms with Gasteiger partial charge in [-0.25, -0.2) is 8.42 Å². The third kappa shape index (κ3) is 5.11. The minimum atomic E-state index is -3.72. The Kier molecular flexibility index (Phi) is 6.46. The minimum absolute atomic E-state index is 0.00362. The first-order chi connectivity index (χ1) is 15.4. The van der Waals surface area contributed by atoms with E-state index in [0.717, 1.165) is 24.8 Å². The number of para-hydroxylation sites is 1. The van der Waals surface area contributed by atoms with Crippen LogP contribution in [-0.4, -0.2) is 20.9 Å². The van der Waals surface area contributed by atoms with Crippen molar-refractivity contribution in [2.75, 3.05) is 11.3 Å². The van der Waals surface area contributed by atoms with Crippen LogP contribution >= 0.6 is 0 Å². The molecule has 166 valence electrons. The van der Waals surface area contributed by atoms with Gasteiger partial charge < -0.3 is 10.1 Å². The molecule has 0 bridgehead atoms. The second-order valence-electron chi connectivity index (χ2n) is 7.89. The first kappa shape index (κ1) is 21.9. The van der Waals surface area contributed by atoms with Gasteiger partial charge in [0.05, 0.1) is 16.6 Å². The zero-order valence-electron chi connectivity index (χ0n) is 17.9. The van der Waals surface area contributed by atoms with Gasteiger partial charge >= 0.3 is 0 Å². The topological polar surface area (TPSA) is 84.5 Å². The van der Waals surface area contributed by atoms with Gasteiger partial charge in [-0.3, -0.25) is 9.52 Å². The van der Waals surface area contributed by atoms with Crippen molar-refractivity contribution in [1.29, 1.82) is 0 Å². The van der Waals surface area contributed by atoms with Crippen LogP contribution in [0.25, 0.3) is 0 Å². The van der Waals surface area contributed by atoms with Crippen LogP contribution in [0.4, 0.5) is 5.69 Å². The average Bonchev–Trinajstić information content (AvgIpc) is 2.80. The lowest BCUT2D eigenvalue weighted by molar-refractivity contribution is -0.124. The Morgan fingerprint density at radius 2 is 1.72 bits per heavy atom. The van der Waals surface area contributed by atoms with E-state index in [-0.39, 0.29) is 23.5 Å². The molecule has 3 aromatic rings. The molecule has 0 aliphatic heterocycles. The van der Waals surface area contributed by atoms with Crippen molar-refractivity contribution in [3.63, 3.8) is 0 Å². The fraction of sp³-hybridized carbons (Fsp3) is 0.240. The lowest BCUT2D eigenvalue weighted by atomic mass is 9.88. The zero-order chi connectivity index (χ0) is 22.6. The zero-order valence-corrected chi connectivity index (χ0v) is 18.7. The molecule has 0 radical (unpaired) electrons. The summed E-state index contributed by atoms with van der Waals surface area (Å²) < 4.78 is 33.4. The van der Waals surface area contributed by atoms with Crippen LogP contribution in [0.3, 0.4) is 0 Å². The molecule has 7 heteroatoms. The van der Waals surface area contributed by atoms with E-state index in [1.165, 1.54) is 23.3 Å². The number of carbonyl (C=O) groups is 1. The van der Waals surface area contributed by atoms with Crippen LogP contribution in [0, 0.1) is 6.92 Å². The minimum Gasteiger partial charge on any atom is -0.484 e. The number of fused-ring (bicyclic) bond motifs is 1. The summed E-state index contributed by atoms with van der Waals surface area (Å²) in [6.45, 7) is 1.71. The van der Waals surface area contributed by atoms with Gasteiger partial charge in [0.15, 0.2) is 6.61 Å². The van der Waals surface area contributed by atoms with Crippen LogP contribution in [0.5, 0.6) is 5.75 Å². The van der Waals surface area contributed by atoms with Crippen LogP contribution in [-0.2, 0) is 21.2 Å². The quantitative estimate of drug-likeness (QED) is 0.560. The Morgan fingerprint density at radius 1 is 1.00 bits per heavy atom. The predicted molar refractivity (Wildman–Crippen MR) is 124 cm³/mol. The molecule has 1 amide bonds.